The smallest absolute Gasteiger partial charge is 0.305 e. The molecule has 39 heavy (non-hydrogen) atoms. The summed E-state index contributed by atoms with van der Waals surface area (Å²) in [5.74, 6) is 1.28. The van der Waals surface area contributed by atoms with Gasteiger partial charge in [0.25, 0.3) is 0 Å². The van der Waals surface area contributed by atoms with Gasteiger partial charge in [0, 0.05) is 44.5 Å². The summed E-state index contributed by atoms with van der Waals surface area (Å²) in [4.78, 5) is 25.6. The van der Waals surface area contributed by atoms with Crippen LogP contribution < -0.4 is 5.32 Å². The molecule has 1 fully saturated rings. The number of carbonyl (C=O) groups excluding carboxylic acids is 1. The molecule has 0 saturated carbocycles. The summed E-state index contributed by atoms with van der Waals surface area (Å²) in [5.41, 5.74) is 1.79. The highest BCUT2D eigenvalue weighted by Gasteiger charge is 2.29. The van der Waals surface area contributed by atoms with Crippen molar-refractivity contribution in [2.75, 3.05) is 65.8 Å². The second-order valence-corrected chi connectivity index (χ2v) is 11.9. The molecule has 11 heteroatoms. The summed E-state index contributed by atoms with van der Waals surface area (Å²) in [6.07, 6.45) is 1.78. The van der Waals surface area contributed by atoms with E-state index in [1.807, 2.05) is 24.3 Å². The molecule has 0 unspecified atom stereocenters. The van der Waals surface area contributed by atoms with Crippen molar-refractivity contribution in [3.63, 3.8) is 0 Å². The Balaban J connectivity index is 1.36. The van der Waals surface area contributed by atoms with Crippen LogP contribution in [0.5, 0.6) is 0 Å². The molecule has 3 aromatic rings. The standard InChI is InChI=1S/C28H38N6O4S/c1-32(2)16-6-15-29-28-24-7-4-5-8-25(24)30-26(31-28)21-33-17-19-34(20-18-33)39(36,37)23-12-9-22(10-13-23)11-14-27(35)38-3/h4-5,7-10,12-13H,6,11,14-21H2,1-3H3,(H,29,30,31). The van der Waals surface area contributed by atoms with Gasteiger partial charge >= 0.3 is 5.97 Å². The lowest BCUT2D eigenvalue weighted by molar-refractivity contribution is -0.140. The first-order valence-electron chi connectivity index (χ1n) is 13.3. The van der Waals surface area contributed by atoms with Crippen molar-refractivity contribution in [1.82, 2.24) is 24.1 Å². The average molecular weight is 555 g/mol. The van der Waals surface area contributed by atoms with Crippen LogP contribution in [0.2, 0.25) is 0 Å². The van der Waals surface area contributed by atoms with Crippen molar-refractivity contribution in [2.24, 2.45) is 0 Å². The fraction of sp³-hybridized carbons (Fsp3) is 0.464. The van der Waals surface area contributed by atoms with E-state index < -0.39 is 10.0 Å². The number of methoxy groups -OCH3 is 1. The average Bonchev–Trinajstić information content (AvgIpc) is 2.94. The summed E-state index contributed by atoms with van der Waals surface area (Å²) in [6, 6.07) is 14.7. The quantitative estimate of drug-likeness (QED) is 0.267. The maximum atomic E-state index is 13.2. The number of nitrogens with zero attached hydrogens (tertiary/aromatic N) is 5. The molecule has 4 rings (SSSR count). The summed E-state index contributed by atoms with van der Waals surface area (Å²) in [7, 11) is 1.89. The summed E-state index contributed by atoms with van der Waals surface area (Å²) >= 11 is 0. The lowest BCUT2D eigenvalue weighted by atomic mass is 10.1. The van der Waals surface area contributed by atoms with E-state index in [1.165, 1.54) is 11.4 Å². The summed E-state index contributed by atoms with van der Waals surface area (Å²) in [5, 5.41) is 4.48. The van der Waals surface area contributed by atoms with Crippen molar-refractivity contribution >= 4 is 32.7 Å². The van der Waals surface area contributed by atoms with Gasteiger partial charge in [-0.05, 0) is 63.3 Å². The normalized spacial score (nSPS) is 15.1. The van der Waals surface area contributed by atoms with Crippen LogP contribution in [0, 0.1) is 0 Å². The van der Waals surface area contributed by atoms with Gasteiger partial charge in [0.2, 0.25) is 10.0 Å². The van der Waals surface area contributed by atoms with Crippen LogP contribution in [-0.2, 0) is 32.5 Å². The number of piperazine rings is 1. The molecule has 1 aliphatic heterocycles. The summed E-state index contributed by atoms with van der Waals surface area (Å²) in [6.45, 7) is 4.36. The Morgan fingerprint density at radius 3 is 2.44 bits per heavy atom. The highest BCUT2D eigenvalue weighted by atomic mass is 32.2. The number of ether oxygens (including phenoxy) is 1. The van der Waals surface area contributed by atoms with Gasteiger partial charge in [-0.15, -0.1) is 0 Å². The van der Waals surface area contributed by atoms with E-state index in [4.69, 9.17) is 9.97 Å². The molecule has 1 saturated heterocycles. The van der Waals surface area contributed by atoms with E-state index in [2.05, 4.69) is 33.9 Å². The molecular formula is C28H38N6O4S. The van der Waals surface area contributed by atoms with Gasteiger partial charge in [0.15, 0.2) is 0 Å². The van der Waals surface area contributed by atoms with Crippen molar-refractivity contribution in [2.45, 2.75) is 30.7 Å². The van der Waals surface area contributed by atoms with Gasteiger partial charge in [0.05, 0.1) is 24.1 Å². The Morgan fingerprint density at radius 1 is 1.03 bits per heavy atom. The van der Waals surface area contributed by atoms with Gasteiger partial charge in [-0.3, -0.25) is 9.69 Å². The Kier molecular flexibility index (Phi) is 9.84. The maximum absolute atomic E-state index is 13.2. The number of hydrogen-bond donors (Lipinski definition) is 1. The minimum Gasteiger partial charge on any atom is -0.469 e. The number of benzene rings is 2. The van der Waals surface area contributed by atoms with Crippen molar-refractivity contribution in [1.29, 1.82) is 0 Å². The second-order valence-electron chi connectivity index (χ2n) is 9.99. The number of nitrogens with one attached hydrogen (secondary N) is 1. The van der Waals surface area contributed by atoms with Crippen LogP contribution in [0.4, 0.5) is 5.82 Å². The largest absolute Gasteiger partial charge is 0.469 e. The lowest BCUT2D eigenvalue weighted by Gasteiger charge is -2.33. The van der Waals surface area contributed by atoms with Crippen LogP contribution >= 0.6 is 0 Å². The Morgan fingerprint density at radius 2 is 1.74 bits per heavy atom. The topological polar surface area (TPSA) is 108 Å². The first kappa shape index (κ1) is 28.9. The van der Waals surface area contributed by atoms with Crippen LogP contribution in [-0.4, -0.2) is 98.9 Å². The number of aryl methyl sites for hydroxylation is 1. The van der Waals surface area contributed by atoms with Gasteiger partial charge in [0.1, 0.15) is 11.6 Å². The number of aromatic nitrogens is 2. The molecule has 2 heterocycles. The van der Waals surface area contributed by atoms with Crippen molar-refractivity contribution in [3.05, 3.63) is 59.9 Å². The number of rotatable bonds is 12. The molecule has 0 aliphatic carbocycles. The molecule has 10 nitrogen and oxygen atoms in total. The monoisotopic (exact) mass is 554 g/mol. The van der Waals surface area contributed by atoms with E-state index in [0.29, 0.717) is 39.1 Å². The molecule has 1 aliphatic rings. The van der Waals surface area contributed by atoms with E-state index >= 15 is 0 Å². The third-order valence-corrected chi connectivity index (χ3v) is 8.74. The van der Waals surface area contributed by atoms with Crippen LogP contribution in [0.15, 0.2) is 53.4 Å². The zero-order chi connectivity index (χ0) is 27.8. The van der Waals surface area contributed by atoms with E-state index in [0.717, 1.165) is 47.6 Å². The fourth-order valence-electron chi connectivity index (χ4n) is 4.59. The molecule has 1 aromatic heterocycles. The second kappa shape index (κ2) is 13.3. The lowest BCUT2D eigenvalue weighted by Crippen LogP contribution is -2.48. The zero-order valence-electron chi connectivity index (χ0n) is 23.0. The van der Waals surface area contributed by atoms with Crippen molar-refractivity contribution in [3.8, 4) is 0 Å². The third kappa shape index (κ3) is 7.72. The predicted molar refractivity (Wildman–Crippen MR) is 152 cm³/mol. The Labute approximate surface area is 231 Å². The molecule has 0 bridgehead atoms. The molecule has 2 aromatic carbocycles. The molecule has 1 N–H and O–H groups in total. The molecule has 0 atom stereocenters. The minimum atomic E-state index is -3.60. The Hall–Kier alpha value is -3.12. The van der Waals surface area contributed by atoms with E-state index in [9.17, 15) is 13.2 Å². The van der Waals surface area contributed by atoms with Gasteiger partial charge in [-0.1, -0.05) is 24.3 Å². The SMILES string of the molecule is COC(=O)CCc1ccc(S(=O)(=O)N2CCN(Cc3nc(NCCCN(C)C)c4ccccc4n3)CC2)cc1. The van der Waals surface area contributed by atoms with E-state index in [1.54, 1.807) is 24.3 Å². The molecular weight excluding hydrogens is 516 g/mol. The summed E-state index contributed by atoms with van der Waals surface area (Å²) < 4.78 is 32.7. The highest BCUT2D eigenvalue weighted by molar-refractivity contribution is 7.89. The van der Waals surface area contributed by atoms with Gasteiger partial charge in [-0.25, -0.2) is 18.4 Å². The highest BCUT2D eigenvalue weighted by Crippen LogP contribution is 2.22. The molecule has 0 amide bonds. The first-order valence-corrected chi connectivity index (χ1v) is 14.7. The van der Waals surface area contributed by atoms with Crippen LogP contribution in [0.25, 0.3) is 10.9 Å². The number of anilines is 1. The molecule has 0 radical (unpaired) electrons. The number of esters is 1. The van der Waals surface area contributed by atoms with Crippen LogP contribution in [0.1, 0.15) is 24.2 Å². The maximum Gasteiger partial charge on any atom is 0.305 e. The third-order valence-electron chi connectivity index (χ3n) is 6.83. The van der Waals surface area contributed by atoms with Crippen molar-refractivity contribution < 1.29 is 17.9 Å². The molecule has 210 valence electrons. The van der Waals surface area contributed by atoms with Crippen LogP contribution in [0.3, 0.4) is 0 Å². The fourth-order valence-corrected chi connectivity index (χ4v) is 6.01. The minimum absolute atomic E-state index is 0.263. The number of fused-ring (bicyclic) bond motifs is 1. The number of carbonyl (C=O) groups is 1. The number of para-hydroxylation sites is 1. The van der Waals surface area contributed by atoms with Gasteiger partial charge in [-0.2, -0.15) is 4.31 Å². The number of sulfonamides is 1. The Bertz CT molecular complexity index is 1360. The van der Waals surface area contributed by atoms with Gasteiger partial charge < -0.3 is 15.0 Å². The number of hydrogen-bond acceptors (Lipinski definition) is 9. The molecule has 0 spiro atoms. The zero-order valence-corrected chi connectivity index (χ0v) is 23.8. The first-order chi connectivity index (χ1) is 18.8. The predicted octanol–water partition coefficient (Wildman–Crippen LogP) is 2.61. The van der Waals surface area contributed by atoms with E-state index in [-0.39, 0.29) is 17.3 Å².